The molecular weight excluding hydrogens is 557 g/mol. The fourth-order valence-electron chi connectivity index (χ4n) is 5.77. The lowest BCUT2D eigenvalue weighted by atomic mass is 9.71. The molecular formula is C31H34Cl2F2N2O3. The normalized spacial score (nSPS) is 21.8. The Labute approximate surface area is 243 Å². The van der Waals surface area contributed by atoms with E-state index in [-0.39, 0.29) is 34.0 Å². The fraction of sp³-hybridized carbons (Fsp3) is 0.387. The molecule has 0 aromatic heterocycles. The summed E-state index contributed by atoms with van der Waals surface area (Å²) in [5, 5.41) is 25.2. The molecule has 5 nitrogen and oxygen atoms in total. The Morgan fingerprint density at radius 3 is 2.42 bits per heavy atom. The van der Waals surface area contributed by atoms with Crippen molar-refractivity contribution in [3.8, 4) is 0 Å². The minimum absolute atomic E-state index is 0.0916. The number of hydrogen-bond donors (Lipinski definition) is 4. The molecule has 1 amide bonds. The smallest absolute Gasteiger partial charge is 0.237 e. The zero-order valence-corrected chi connectivity index (χ0v) is 23.9. The first-order valence-electron chi connectivity index (χ1n) is 13.3. The van der Waals surface area contributed by atoms with Crippen LogP contribution >= 0.6 is 23.2 Å². The summed E-state index contributed by atoms with van der Waals surface area (Å²) < 4.78 is 31.2. The van der Waals surface area contributed by atoms with Crippen LogP contribution in [-0.4, -0.2) is 47.5 Å². The number of benzene rings is 3. The highest BCUT2D eigenvalue weighted by molar-refractivity contribution is 6.31. The molecule has 4 N–H and O–H groups in total. The number of carbonyl (C=O) groups excluding carboxylic acids is 1. The van der Waals surface area contributed by atoms with Crippen LogP contribution in [-0.2, 0) is 10.2 Å². The molecule has 5 atom stereocenters. The Bertz CT molecular complexity index is 1330. The molecule has 0 bridgehead atoms. The Morgan fingerprint density at radius 2 is 1.75 bits per heavy atom. The summed E-state index contributed by atoms with van der Waals surface area (Å²) in [4.78, 5) is 13.6. The number of rotatable bonds is 10. The van der Waals surface area contributed by atoms with Crippen LogP contribution in [0.4, 0.5) is 8.78 Å². The van der Waals surface area contributed by atoms with Gasteiger partial charge in [-0.25, -0.2) is 8.78 Å². The third-order valence-electron chi connectivity index (χ3n) is 7.79. The molecule has 5 unspecified atom stereocenters. The van der Waals surface area contributed by atoms with E-state index < -0.39 is 54.2 Å². The van der Waals surface area contributed by atoms with E-state index in [2.05, 4.69) is 24.5 Å². The third kappa shape index (κ3) is 6.67. The predicted octanol–water partition coefficient (Wildman–Crippen LogP) is 5.71. The van der Waals surface area contributed by atoms with Crippen LogP contribution in [0.2, 0.25) is 10.0 Å². The second-order valence-corrected chi connectivity index (χ2v) is 11.8. The largest absolute Gasteiger partial charge is 0.394 e. The molecule has 9 heteroatoms. The van der Waals surface area contributed by atoms with Crippen LogP contribution in [0.15, 0.2) is 66.7 Å². The average molecular weight is 592 g/mol. The first-order valence-corrected chi connectivity index (χ1v) is 14.1. The molecule has 0 aliphatic carbocycles. The van der Waals surface area contributed by atoms with E-state index in [0.29, 0.717) is 12.0 Å². The molecule has 3 aromatic carbocycles. The number of aliphatic hydroxyl groups is 2. The zero-order valence-electron chi connectivity index (χ0n) is 22.4. The maximum absolute atomic E-state index is 15.6. The summed E-state index contributed by atoms with van der Waals surface area (Å²) in [5.41, 5.74) is 1.22. The van der Waals surface area contributed by atoms with Gasteiger partial charge in [-0.05, 0) is 53.1 Å². The molecule has 1 heterocycles. The summed E-state index contributed by atoms with van der Waals surface area (Å²) >= 11 is 12.3. The first kappa shape index (κ1) is 30.4. The van der Waals surface area contributed by atoms with Crippen molar-refractivity contribution in [2.45, 2.75) is 62.1 Å². The maximum atomic E-state index is 15.6. The van der Waals surface area contributed by atoms with Crippen molar-refractivity contribution < 1.29 is 23.8 Å². The molecule has 0 spiro atoms. The van der Waals surface area contributed by atoms with Gasteiger partial charge in [0.15, 0.2) is 0 Å². The molecule has 4 rings (SSSR count). The minimum Gasteiger partial charge on any atom is -0.394 e. The first-order chi connectivity index (χ1) is 19.0. The van der Waals surface area contributed by atoms with Crippen molar-refractivity contribution in [1.82, 2.24) is 10.6 Å². The number of amides is 1. The van der Waals surface area contributed by atoms with E-state index in [1.807, 2.05) is 30.3 Å². The van der Waals surface area contributed by atoms with Crippen LogP contribution in [0.5, 0.6) is 0 Å². The second kappa shape index (κ2) is 13.0. The van der Waals surface area contributed by atoms with Gasteiger partial charge in [-0.15, -0.1) is 0 Å². The van der Waals surface area contributed by atoms with Crippen molar-refractivity contribution >= 4 is 29.1 Å². The Morgan fingerprint density at radius 1 is 1.02 bits per heavy atom. The molecule has 1 saturated heterocycles. The van der Waals surface area contributed by atoms with Gasteiger partial charge in [0.05, 0.1) is 23.8 Å². The van der Waals surface area contributed by atoms with Crippen molar-refractivity contribution in [1.29, 1.82) is 0 Å². The van der Waals surface area contributed by atoms with E-state index in [4.69, 9.17) is 28.3 Å². The number of halogens is 4. The van der Waals surface area contributed by atoms with Gasteiger partial charge >= 0.3 is 0 Å². The van der Waals surface area contributed by atoms with Gasteiger partial charge in [-0.1, -0.05) is 85.6 Å². The van der Waals surface area contributed by atoms with Gasteiger partial charge in [-0.3, -0.25) is 4.79 Å². The van der Waals surface area contributed by atoms with Gasteiger partial charge < -0.3 is 20.8 Å². The number of carbonyl (C=O) groups is 1. The van der Waals surface area contributed by atoms with Crippen molar-refractivity contribution in [3.05, 3.63) is 105 Å². The van der Waals surface area contributed by atoms with E-state index in [1.54, 1.807) is 24.3 Å². The van der Waals surface area contributed by atoms with E-state index in [0.717, 1.165) is 5.56 Å². The van der Waals surface area contributed by atoms with Gasteiger partial charge in [0.25, 0.3) is 0 Å². The highest BCUT2D eigenvalue weighted by atomic mass is 35.5. The Balaban J connectivity index is 1.81. The highest BCUT2D eigenvalue weighted by Gasteiger charge is 2.50. The van der Waals surface area contributed by atoms with Gasteiger partial charge in [-0.2, -0.15) is 0 Å². The van der Waals surface area contributed by atoms with Crippen molar-refractivity contribution in [3.63, 3.8) is 0 Å². The number of aliphatic hydroxyl groups excluding tert-OH is 2. The molecule has 214 valence electrons. The molecule has 1 aliphatic rings. The SMILES string of the molecule is CC(C)(CC1NC(C(=O)NCCC(O)CO)C(c2cccc(Cl)c2F)C1c1ccc(Cl)cc1F)c1ccccc1. The number of nitrogens with one attached hydrogen (secondary N) is 2. The fourth-order valence-corrected chi connectivity index (χ4v) is 6.11. The summed E-state index contributed by atoms with van der Waals surface area (Å²) in [6.07, 6.45) is -0.325. The molecule has 1 aliphatic heterocycles. The Hall–Kier alpha value is -2.55. The topological polar surface area (TPSA) is 81.6 Å². The predicted molar refractivity (Wildman–Crippen MR) is 154 cm³/mol. The monoisotopic (exact) mass is 590 g/mol. The maximum Gasteiger partial charge on any atom is 0.237 e. The number of hydrogen-bond acceptors (Lipinski definition) is 4. The minimum atomic E-state index is -0.978. The lowest BCUT2D eigenvalue weighted by Crippen LogP contribution is -2.46. The average Bonchev–Trinajstić information content (AvgIpc) is 3.28. The Kier molecular flexibility index (Phi) is 9.85. The van der Waals surface area contributed by atoms with Crippen LogP contribution in [0.25, 0.3) is 0 Å². The lowest BCUT2D eigenvalue weighted by Gasteiger charge is -2.33. The van der Waals surface area contributed by atoms with Gasteiger partial charge in [0.2, 0.25) is 5.91 Å². The molecule has 3 aromatic rings. The summed E-state index contributed by atoms with van der Waals surface area (Å²) in [7, 11) is 0. The summed E-state index contributed by atoms with van der Waals surface area (Å²) in [5.74, 6) is -3.08. The van der Waals surface area contributed by atoms with Crippen molar-refractivity contribution in [2.75, 3.05) is 13.2 Å². The van der Waals surface area contributed by atoms with E-state index >= 15 is 8.78 Å². The van der Waals surface area contributed by atoms with E-state index in [9.17, 15) is 9.90 Å². The summed E-state index contributed by atoms with van der Waals surface area (Å²) in [6, 6.07) is 17.6. The zero-order chi connectivity index (χ0) is 29.0. The standard InChI is InChI=1S/C31H34Cl2F2N2O3/c1-31(2,18-7-4-3-5-8-18)16-25-26(21-12-11-19(32)15-24(21)34)27(22-9-6-10-23(33)28(22)35)29(37-25)30(40)36-14-13-20(39)17-38/h3-12,15,20,25-27,29,37-39H,13-14,16-17H2,1-2H3,(H,36,40). The van der Waals surface area contributed by atoms with Crippen LogP contribution in [0.3, 0.4) is 0 Å². The molecule has 0 saturated carbocycles. The summed E-state index contributed by atoms with van der Waals surface area (Å²) in [6.45, 7) is 3.84. The molecule has 0 radical (unpaired) electrons. The van der Waals surface area contributed by atoms with Crippen LogP contribution in [0.1, 0.15) is 55.2 Å². The van der Waals surface area contributed by atoms with Gasteiger partial charge in [0, 0.05) is 29.4 Å². The van der Waals surface area contributed by atoms with Crippen molar-refractivity contribution in [2.24, 2.45) is 0 Å². The van der Waals surface area contributed by atoms with Crippen LogP contribution < -0.4 is 10.6 Å². The third-order valence-corrected chi connectivity index (χ3v) is 8.32. The highest BCUT2D eigenvalue weighted by Crippen LogP contribution is 2.48. The van der Waals surface area contributed by atoms with Crippen LogP contribution in [0, 0.1) is 11.6 Å². The van der Waals surface area contributed by atoms with Gasteiger partial charge in [0.1, 0.15) is 11.6 Å². The lowest BCUT2D eigenvalue weighted by molar-refractivity contribution is -0.123. The molecule has 1 fully saturated rings. The molecule has 40 heavy (non-hydrogen) atoms. The second-order valence-electron chi connectivity index (χ2n) is 11.0. The van der Waals surface area contributed by atoms with E-state index in [1.165, 1.54) is 12.1 Å². The quantitative estimate of drug-likeness (QED) is 0.244.